The second-order valence-electron chi connectivity index (χ2n) is 15.3. The van der Waals surface area contributed by atoms with Crippen molar-refractivity contribution < 1.29 is 17.5 Å². The van der Waals surface area contributed by atoms with Crippen molar-refractivity contribution in [2.45, 2.75) is 225 Å². The molecule has 0 aliphatic heterocycles. The Morgan fingerprint density at radius 2 is 0.750 bits per heavy atom. The molecule has 0 aliphatic carbocycles. The van der Waals surface area contributed by atoms with Gasteiger partial charge in [0, 0.05) is 5.56 Å². The van der Waals surface area contributed by atoms with Gasteiger partial charge in [-0.2, -0.15) is 0 Å². The molecule has 5 heteroatoms. The van der Waals surface area contributed by atoms with E-state index in [1.165, 1.54) is 218 Å². The van der Waals surface area contributed by atoms with Crippen LogP contribution in [-0.4, -0.2) is 37.1 Å². The fourth-order valence-electron chi connectivity index (χ4n) is 7.56. The highest BCUT2D eigenvalue weighted by atomic mass is 32.2. The van der Waals surface area contributed by atoms with Gasteiger partial charge in [0.05, 0.1) is 24.5 Å². The number of unbranched alkanes of at least 4 members (excludes halogenated alkanes) is 27. The lowest BCUT2D eigenvalue weighted by Crippen LogP contribution is -2.49. The molecule has 0 saturated carbocycles. The van der Waals surface area contributed by atoms with Crippen molar-refractivity contribution in [2.75, 3.05) is 19.6 Å². The number of benzene rings is 1. The summed E-state index contributed by atoms with van der Waals surface area (Å²) in [5.74, 6) is 0. The van der Waals surface area contributed by atoms with E-state index in [4.69, 9.17) is 0 Å². The van der Waals surface area contributed by atoms with E-state index in [2.05, 4.69) is 26.8 Å². The lowest BCUT2D eigenvalue weighted by molar-refractivity contribution is -0.941. The van der Waals surface area contributed by atoms with Crippen LogP contribution < -0.4 is 0 Å². The SMILES string of the molecule is CCCCCCCCCCCC[N+](CCCCCCCCCCCC)(CCCCCCCCCCCC)Cc1cccc(S(=O)(=O)[O-])c1. The molecule has 0 aliphatic rings. The van der Waals surface area contributed by atoms with Crippen LogP contribution in [0.1, 0.15) is 219 Å². The van der Waals surface area contributed by atoms with Crippen LogP contribution in [0.15, 0.2) is 29.2 Å². The average molecular weight is 692 g/mol. The molecule has 0 atom stereocenters. The minimum absolute atomic E-state index is 0.0742. The van der Waals surface area contributed by atoms with Crippen LogP contribution in [0.2, 0.25) is 0 Å². The highest BCUT2D eigenvalue weighted by Gasteiger charge is 2.27. The Hall–Kier alpha value is -0.910. The summed E-state index contributed by atoms with van der Waals surface area (Å²) in [5.41, 5.74) is 1.01. The molecule has 0 N–H and O–H groups in total. The standard InChI is InChI=1S/C43H81NO3S/c1-4-7-10-13-16-19-22-25-28-31-37-44(38-32-29-26-23-20-17-14-11-8-5-2,39-33-30-27-24-21-18-15-12-9-6-3)41-42-35-34-36-43(40-42)48(45,46)47/h34-36,40H,4-33,37-39,41H2,1-3H3. The van der Waals surface area contributed by atoms with Crippen molar-refractivity contribution in [1.82, 2.24) is 0 Å². The normalized spacial score (nSPS) is 12.2. The highest BCUT2D eigenvalue weighted by Crippen LogP contribution is 2.24. The van der Waals surface area contributed by atoms with Crippen LogP contribution >= 0.6 is 0 Å². The van der Waals surface area contributed by atoms with Gasteiger partial charge in [-0.15, -0.1) is 0 Å². The van der Waals surface area contributed by atoms with Crippen LogP contribution in [0.4, 0.5) is 0 Å². The fraction of sp³-hybridized carbons (Fsp3) is 0.860. The van der Waals surface area contributed by atoms with E-state index in [0.717, 1.165) is 16.6 Å². The second kappa shape index (κ2) is 30.9. The zero-order valence-corrected chi connectivity index (χ0v) is 33.2. The lowest BCUT2D eigenvalue weighted by Gasteiger charge is -2.40. The Balaban J connectivity index is 2.82. The van der Waals surface area contributed by atoms with Crippen LogP contribution in [-0.2, 0) is 16.7 Å². The van der Waals surface area contributed by atoms with Crippen LogP contribution in [0, 0.1) is 0 Å². The maximum Gasteiger partial charge on any atom is 0.124 e. The smallest absolute Gasteiger partial charge is 0.124 e. The van der Waals surface area contributed by atoms with Gasteiger partial charge in [-0.1, -0.05) is 187 Å². The minimum Gasteiger partial charge on any atom is -0.744 e. The molecule has 0 fully saturated rings. The van der Waals surface area contributed by atoms with Crippen molar-refractivity contribution in [3.63, 3.8) is 0 Å². The molecule has 0 unspecified atom stereocenters. The monoisotopic (exact) mass is 692 g/mol. The molecule has 0 bridgehead atoms. The van der Waals surface area contributed by atoms with Crippen LogP contribution in [0.5, 0.6) is 0 Å². The van der Waals surface area contributed by atoms with Crippen molar-refractivity contribution in [1.29, 1.82) is 0 Å². The van der Waals surface area contributed by atoms with Gasteiger partial charge in [0.15, 0.2) is 0 Å². The summed E-state index contributed by atoms with van der Waals surface area (Å²) in [6, 6.07) is 6.96. The zero-order valence-electron chi connectivity index (χ0n) is 32.4. The fourth-order valence-corrected chi connectivity index (χ4v) is 8.10. The number of rotatable bonds is 36. The first-order valence-electron chi connectivity index (χ1n) is 21.3. The molecule has 0 heterocycles. The van der Waals surface area contributed by atoms with E-state index in [0.29, 0.717) is 0 Å². The third-order valence-electron chi connectivity index (χ3n) is 10.7. The molecular formula is C43H81NO3S. The number of quaternary nitrogens is 1. The molecule has 48 heavy (non-hydrogen) atoms. The Bertz CT molecular complexity index is 887. The first kappa shape index (κ1) is 45.1. The van der Waals surface area contributed by atoms with E-state index in [1.807, 2.05) is 0 Å². The molecule has 0 saturated heterocycles. The molecule has 282 valence electrons. The molecule has 4 nitrogen and oxygen atoms in total. The predicted molar refractivity (Wildman–Crippen MR) is 209 cm³/mol. The number of nitrogens with zero attached hydrogens (tertiary/aromatic N) is 1. The van der Waals surface area contributed by atoms with E-state index < -0.39 is 10.1 Å². The quantitative estimate of drug-likeness (QED) is 0.0400. The van der Waals surface area contributed by atoms with E-state index in [-0.39, 0.29) is 4.90 Å². The molecule has 0 radical (unpaired) electrons. The first-order valence-corrected chi connectivity index (χ1v) is 22.7. The summed E-state index contributed by atoms with van der Waals surface area (Å²) in [6.45, 7) is 11.2. The summed E-state index contributed by atoms with van der Waals surface area (Å²) in [5, 5.41) is 0. The van der Waals surface area contributed by atoms with Gasteiger partial charge in [-0.3, -0.25) is 0 Å². The van der Waals surface area contributed by atoms with Crippen molar-refractivity contribution in [2.24, 2.45) is 0 Å². The van der Waals surface area contributed by atoms with Gasteiger partial charge in [-0.25, -0.2) is 8.42 Å². The molecule has 1 aromatic rings. The number of hydrogen-bond acceptors (Lipinski definition) is 3. The molecule has 0 aromatic heterocycles. The van der Waals surface area contributed by atoms with Gasteiger partial charge in [0.1, 0.15) is 16.7 Å². The Kier molecular flexibility index (Phi) is 29.0. The summed E-state index contributed by atoms with van der Waals surface area (Å²) >= 11 is 0. The summed E-state index contributed by atoms with van der Waals surface area (Å²) in [6.07, 6.45) is 40.3. The van der Waals surface area contributed by atoms with E-state index >= 15 is 0 Å². The van der Waals surface area contributed by atoms with Gasteiger partial charge in [-0.05, 0) is 50.7 Å². The summed E-state index contributed by atoms with van der Waals surface area (Å²) in [4.78, 5) is -0.0742. The van der Waals surface area contributed by atoms with Crippen LogP contribution in [0.3, 0.4) is 0 Å². The lowest BCUT2D eigenvalue weighted by atomic mass is 10.0. The van der Waals surface area contributed by atoms with Gasteiger partial charge in [0.2, 0.25) is 0 Å². The average Bonchev–Trinajstić information content (AvgIpc) is 3.07. The summed E-state index contributed by atoms with van der Waals surface area (Å²) in [7, 11) is -4.45. The molecular weight excluding hydrogens is 611 g/mol. The third-order valence-corrected chi connectivity index (χ3v) is 11.5. The second-order valence-corrected chi connectivity index (χ2v) is 16.7. The predicted octanol–water partition coefficient (Wildman–Crippen LogP) is 13.7. The van der Waals surface area contributed by atoms with E-state index in [1.54, 1.807) is 12.1 Å². The topological polar surface area (TPSA) is 57.2 Å². The number of hydrogen-bond donors (Lipinski definition) is 0. The Morgan fingerprint density at radius 1 is 0.458 bits per heavy atom. The highest BCUT2D eigenvalue weighted by molar-refractivity contribution is 7.85. The molecule has 0 amide bonds. The summed E-state index contributed by atoms with van der Waals surface area (Å²) < 4.78 is 36.8. The van der Waals surface area contributed by atoms with E-state index in [9.17, 15) is 13.0 Å². The first-order chi connectivity index (χ1) is 23.4. The Labute approximate surface area is 301 Å². The van der Waals surface area contributed by atoms with Crippen LogP contribution in [0.25, 0.3) is 0 Å². The minimum atomic E-state index is -4.45. The maximum absolute atomic E-state index is 11.9. The largest absolute Gasteiger partial charge is 0.744 e. The van der Waals surface area contributed by atoms with Crippen molar-refractivity contribution in [3.05, 3.63) is 29.8 Å². The zero-order chi connectivity index (χ0) is 35.0. The van der Waals surface area contributed by atoms with Gasteiger partial charge < -0.3 is 9.04 Å². The van der Waals surface area contributed by atoms with Crippen molar-refractivity contribution >= 4 is 10.1 Å². The molecule has 1 rings (SSSR count). The third kappa shape index (κ3) is 25.1. The van der Waals surface area contributed by atoms with Crippen molar-refractivity contribution in [3.8, 4) is 0 Å². The molecule has 1 aromatic carbocycles. The molecule has 0 spiro atoms. The van der Waals surface area contributed by atoms with Gasteiger partial charge in [0.25, 0.3) is 0 Å². The Morgan fingerprint density at radius 3 is 1.04 bits per heavy atom. The van der Waals surface area contributed by atoms with Gasteiger partial charge >= 0.3 is 0 Å². The maximum atomic E-state index is 11.9.